The molecule has 1 aliphatic carbocycles. The fourth-order valence-corrected chi connectivity index (χ4v) is 2.27. The van der Waals surface area contributed by atoms with Crippen molar-refractivity contribution < 1.29 is 9.50 Å². The highest BCUT2D eigenvalue weighted by atomic mass is 19.1. The minimum absolute atomic E-state index is 0.182. The van der Waals surface area contributed by atoms with Crippen LogP contribution in [0.15, 0.2) is 24.3 Å². The van der Waals surface area contributed by atoms with Crippen molar-refractivity contribution in [1.82, 2.24) is 5.32 Å². The van der Waals surface area contributed by atoms with E-state index < -0.39 is 0 Å². The first-order valence-electron chi connectivity index (χ1n) is 5.91. The Morgan fingerprint density at radius 1 is 1.38 bits per heavy atom. The number of aliphatic hydroxyl groups excluding tert-OH is 1. The van der Waals surface area contributed by atoms with Crippen molar-refractivity contribution >= 4 is 0 Å². The molecular formula is C13H18FNO. The maximum atomic E-state index is 12.9. The van der Waals surface area contributed by atoms with Crippen LogP contribution in [0.3, 0.4) is 0 Å². The molecule has 16 heavy (non-hydrogen) atoms. The van der Waals surface area contributed by atoms with E-state index >= 15 is 0 Å². The molecule has 0 heterocycles. The van der Waals surface area contributed by atoms with Crippen molar-refractivity contribution in [3.63, 3.8) is 0 Å². The van der Waals surface area contributed by atoms with Crippen molar-refractivity contribution in [3.05, 3.63) is 35.6 Å². The molecule has 0 amide bonds. The fourth-order valence-electron chi connectivity index (χ4n) is 2.27. The second-order valence-corrected chi connectivity index (χ2v) is 4.44. The molecule has 0 aliphatic heterocycles. The Hall–Kier alpha value is -0.930. The second kappa shape index (κ2) is 5.41. The van der Waals surface area contributed by atoms with Gasteiger partial charge in [-0.05, 0) is 49.9 Å². The molecule has 0 saturated heterocycles. The first-order chi connectivity index (χ1) is 7.75. The predicted octanol–water partition coefficient (Wildman–Crippen LogP) is 1.87. The maximum Gasteiger partial charge on any atom is 0.123 e. The van der Waals surface area contributed by atoms with Gasteiger partial charge in [0.1, 0.15) is 5.82 Å². The first kappa shape index (κ1) is 11.6. The molecule has 2 rings (SSSR count). The number of aliphatic hydroxyl groups is 1. The van der Waals surface area contributed by atoms with Crippen molar-refractivity contribution in [2.45, 2.75) is 37.8 Å². The van der Waals surface area contributed by atoms with Crippen molar-refractivity contribution in [1.29, 1.82) is 0 Å². The third-order valence-corrected chi connectivity index (χ3v) is 3.19. The van der Waals surface area contributed by atoms with Gasteiger partial charge in [0.05, 0.1) is 6.10 Å². The average Bonchev–Trinajstić information content (AvgIpc) is 2.65. The Morgan fingerprint density at radius 2 is 2.25 bits per heavy atom. The number of halogens is 1. The lowest BCUT2D eigenvalue weighted by Gasteiger charge is -2.16. The van der Waals surface area contributed by atoms with E-state index in [1.165, 1.54) is 6.07 Å². The van der Waals surface area contributed by atoms with E-state index in [0.717, 1.165) is 37.8 Å². The van der Waals surface area contributed by atoms with Crippen molar-refractivity contribution in [3.8, 4) is 0 Å². The molecule has 0 aromatic heterocycles. The lowest BCUT2D eigenvalue weighted by Crippen LogP contribution is -2.36. The zero-order valence-electron chi connectivity index (χ0n) is 9.32. The Bertz CT molecular complexity index is 342. The predicted molar refractivity (Wildman–Crippen MR) is 61.8 cm³/mol. The van der Waals surface area contributed by atoms with Crippen LogP contribution in [0, 0.1) is 5.82 Å². The lowest BCUT2D eigenvalue weighted by atomic mass is 10.1. The summed E-state index contributed by atoms with van der Waals surface area (Å²) in [7, 11) is 0. The Kier molecular flexibility index (Phi) is 3.91. The number of benzene rings is 1. The SMILES string of the molecule is O[C@H]1CCC[C@@H]1NCCc1cccc(F)c1. The molecule has 1 aromatic rings. The summed E-state index contributed by atoms with van der Waals surface area (Å²) in [6, 6.07) is 6.91. The topological polar surface area (TPSA) is 32.3 Å². The summed E-state index contributed by atoms with van der Waals surface area (Å²) >= 11 is 0. The summed E-state index contributed by atoms with van der Waals surface area (Å²) in [6.07, 6.45) is 3.65. The molecule has 1 fully saturated rings. The smallest absolute Gasteiger partial charge is 0.123 e. The Morgan fingerprint density at radius 3 is 2.94 bits per heavy atom. The van der Waals surface area contributed by atoms with Crippen LogP contribution >= 0.6 is 0 Å². The normalized spacial score (nSPS) is 24.9. The molecular weight excluding hydrogens is 205 g/mol. The minimum atomic E-state index is -0.201. The molecule has 0 spiro atoms. The minimum Gasteiger partial charge on any atom is -0.392 e. The quantitative estimate of drug-likeness (QED) is 0.816. The molecule has 1 saturated carbocycles. The van der Waals surface area contributed by atoms with Crippen LogP contribution < -0.4 is 5.32 Å². The van der Waals surface area contributed by atoms with Crippen LogP contribution in [0.1, 0.15) is 24.8 Å². The molecule has 2 atom stereocenters. The summed E-state index contributed by atoms with van der Waals surface area (Å²) < 4.78 is 12.9. The highest BCUT2D eigenvalue weighted by Gasteiger charge is 2.23. The highest BCUT2D eigenvalue weighted by molar-refractivity contribution is 5.16. The van der Waals surface area contributed by atoms with Gasteiger partial charge in [-0.15, -0.1) is 0 Å². The van der Waals surface area contributed by atoms with Gasteiger partial charge in [0.2, 0.25) is 0 Å². The van der Waals surface area contributed by atoms with Gasteiger partial charge >= 0.3 is 0 Å². The van der Waals surface area contributed by atoms with Gasteiger partial charge in [-0.2, -0.15) is 0 Å². The van der Waals surface area contributed by atoms with E-state index in [-0.39, 0.29) is 18.0 Å². The Labute approximate surface area is 95.5 Å². The van der Waals surface area contributed by atoms with E-state index in [0.29, 0.717) is 0 Å². The molecule has 88 valence electrons. The maximum absolute atomic E-state index is 12.9. The van der Waals surface area contributed by atoms with Gasteiger partial charge in [-0.25, -0.2) is 4.39 Å². The monoisotopic (exact) mass is 223 g/mol. The summed E-state index contributed by atoms with van der Waals surface area (Å²) in [6.45, 7) is 0.797. The molecule has 1 aliphatic rings. The van der Waals surface area contributed by atoms with Gasteiger partial charge in [0.15, 0.2) is 0 Å². The third-order valence-electron chi connectivity index (χ3n) is 3.19. The van der Waals surface area contributed by atoms with Crippen LogP contribution in [0.25, 0.3) is 0 Å². The lowest BCUT2D eigenvalue weighted by molar-refractivity contribution is 0.149. The van der Waals surface area contributed by atoms with E-state index in [1.807, 2.05) is 6.07 Å². The standard InChI is InChI=1S/C13H18FNO/c14-11-4-1-3-10(9-11)7-8-15-12-5-2-6-13(12)16/h1,3-4,9,12-13,15-16H,2,5-8H2/t12-,13-/m0/s1. The van der Waals surface area contributed by atoms with Gasteiger partial charge in [0, 0.05) is 6.04 Å². The Balaban J connectivity index is 1.75. The summed E-state index contributed by atoms with van der Waals surface area (Å²) in [5.41, 5.74) is 1.000. The first-order valence-corrected chi connectivity index (χ1v) is 5.91. The number of rotatable bonds is 4. The zero-order chi connectivity index (χ0) is 11.4. The van der Waals surface area contributed by atoms with Gasteiger partial charge in [-0.3, -0.25) is 0 Å². The average molecular weight is 223 g/mol. The molecule has 0 radical (unpaired) electrons. The van der Waals surface area contributed by atoms with Crippen LogP contribution in [-0.4, -0.2) is 23.8 Å². The van der Waals surface area contributed by atoms with Gasteiger partial charge in [-0.1, -0.05) is 12.1 Å². The van der Waals surface area contributed by atoms with Crippen LogP contribution in [0.5, 0.6) is 0 Å². The highest BCUT2D eigenvalue weighted by Crippen LogP contribution is 2.18. The van der Waals surface area contributed by atoms with Crippen LogP contribution in [0.4, 0.5) is 4.39 Å². The van der Waals surface area contributed by atoms with E-state index in [4.69, 9.17) is 0 Å². The number of hydrogen-bond acceptors (Lipinski definition) is 2. The molecule has 0 unspecified atom stereocenters. The largest absolute Gasteiger partial charge is 0.392 e. The number of nitrogens with one attached hydrogen (secondary N) is 1. The molecule has 0 bridgehead atoms. The summed E-state index contributed by atoms with van der Waals surface area (Å²) in [5.74, 6) is -0.182. The van der Waals surface area contributed by atoms with E-state index in [1.54, 1.807) is 12.1 Å². The molecule has 1 aromatic carbocycles. The zero-order valence-corrected chi connectivity index (χ0v) is 9.32. The molecule has 2 N–H and O–H groups in total. The fraction of sp³-hybridized carbons (Fsp3) is 0.538. The van der Waals surface area contributed by atoms with Gasteiger partial charge in [0.25, 0.3) is 0 Å². The van der Waals surface area contributed by atoms with Gasteiger partial charge < -0.3 is 10.4 Å². The van der Waals surface area contributed by atoms with E-state index in [9.17, 15) is 9.50 Å². The second-order valence-electron chi connectivity index (χ2n) is 4.44. The van der Waals surface area contributed by atoms with E-state index in [2.05, 4.69) is 5.32 Å². The summed E-state index contributed by atoms with van der Waals surface area (Å²) in [5, 5.41) is 12.9. The van der Waals surface area contributed by atoms with Crippen molar-refractivity contribution in [2.24, 2.45) is 0 Å². The van der Waals surface area contributed by atoms with Crippen molar-refractivity contribution in [2.75, 3.05) is 6.54 Å². The third kappa shape index (κ3) is 3.03. The molecule has 3 heteroatoms. The summed E-state index contributed by atoms with van der Waals surface area (Å²) in [4.78, 5) is 0. The molecule has 2 nitrogen and oxygen atoms in total. The number of hydrogen-bond donors (Lipinski definition) is 2. The van der Waals surface area contributed by atoms with Crippen LogP contribution in [0.2, 0.25) is 0 Å². The van der Waals surface area contributed by atoms with Crippen LogP contribution in [-0.2, 0) is 6.42 Å².